The summed E-state index contributed by atoms with van der Waals surface area (Å²) in [6, 6.07) is 21.8. The fraction of sp³-hybridized carbons (Fsp3) is 0.207. The second-order valence-electron chi connectivity index (χ2n) is 9.37. The van der Waals surface area contributed by atoms with Crippen molar-refractivity contribution in [3.05, 3.63) is 84.2 Å². The molecule has 0 saturated heterocycles. The van der Waals surface area contributed by atoms with E-state index in [1.165, 1.54) is 12.8 Å². The van der Waals surface area contributed by atoms with E-state index in [0.717, 1.165) is 45.0 Å². The van der Waals surface area contributed by atoms with Gasteiger partial charge >= 0.3 is 5.97 Å². The summed E-state index contributed by atoms with van der Waals surface area (Å²) in [4.78, 5) is 15.5. The average molecular weight is 479 g/mol. The summed E-state index contributed by atoms with van der Waals surface area (Å²) >= 11 is 0. The first-order valence-corrected chi connectivity index (χ1v) is 12.1. The molecule has 0 atom stereocenters. The number of nitrogen functional groups attached to an aromatic ring is 1. The minimum Gasteiger partial charge on any atom is -0.487 e. The first-order valence-electron chi connectivity index (χ1n) is 12.1. The van der Waals surface area contributed by atoms with Crippen molar-refractivity contribution in [2.45, 2.75) is 32.4 Å². The quantitative estimate of drug-likeness (QED) is 0.307. The SMILES string of the molecule is Nc1nccc2c(-c3ccc4c(c3)c(COc3ccccc3CC(=O)O)nn4CC3CC3)cccc12. The number of nitrogens with zero attached hydrogens (tertiary/aromatic N) is 3. The van der Waals surface area contributed by atoms with E-state index in [1.54, 1.807) is 12.3 Å². The third-order valence-corrected chi connectivity index (χ3v) is 6.78. The van der Waals surface area contributed by atoms with Gasteiger partial charge in [0.2, 0.25) is 0 Å². The zero-order valence-electron chi connectivity index (χ0n) is 19.7. The Hall–Kier alpha value is -4.39. The molecule has 2 aromatic heterocycles. The van der Waals surface area contributed by atoms with Gasteiger partial charge < -0.3 is 15.6 Å². The van der Waals surface area contributed by atoms with Crippen molar-refractivity contribution in [2.75, 3.05) is 5.73 Å². The van der Waals surface area contributed by atoms with Gasteiger partial charge in [-0.05, 0) is 59.5 Å². The molecule has 3 N–H and O–H groups in total. The number of hydrogen-bond donors (Lipinski definition) is 2. The van der Waals surface area contributed by atoms with E-state index >= 15 is 0 Å². The molecule has 3 aromatic carbocycles. The number of ether oxygens (including phenoxy) is 1. The molecule has 180 valence electrons. The monoisotopic (exact) mass is 478 g/mol. The van der Waals surface area contributed by atoms with Crippen molar-refractivity contribution in [3.63, 3.8) is 0 Å². The van der Waals surface area contributed by atoms with Crippen LogP contribution in [0.2, 0.25) is 0 Å². The zero-order chi connectivity index (χ0) is 24.6. The standard InChI is InChI=1S/C29H26N4O3/c30-29-23-6-3-5-21(22(23)12-13-31-29)19-10-11-26-24(14-19)25(32-33(26)16-18-8-9-18)17-36-27-7-2-1-4-20(27)15-28(34)35/h1-7,10-14,18H,8-9,15-17H2,(H2,30,31)(H,34,35). The topological polar surface area (TPSA) is 103 Å². The van der Waals surface area contributed by atoms with E-state index in [1.807, 2.05) is 36.4 Å². The minimum atomic E-state index is -0.888. The van der Waals surface area contributed by atoms with Gasteiger partial charge in [-0.1, -0.05) is 42.5 Å². The summed E-state index contributed by atoms with van der Waals surface area (Å²) in [6.07, 6.45) is 4.12. The maximum absolute atomic E-state index is 11.3. The van der Waals surface area contributed by atoms with Crippen LogP contribution in [0.4, 0.5) is 5.82 Å². The number of benzene rings is 3. The second-order valence-corrected chi connectivity index (χ2v) is 9.37. The maximum atomic E-state index is 11.3. The van der Waals surface area contributed by atoms with Crippen LogP contribution in [-0.2, 0) is 24.4 Å². The Morgan fingerprint density at radius 2 is 1.89 bits per heavy atom. The van der Waals surface area contributed by atoms with Crippen LogP contribution in [0, 0.1) is 5.92 Å². The number of fused-ring (bicyclic) bond motifs is 2. The minimum absolute atomic E-state index is 0.0870. The fourth-order valence-corrected chi connectivity index (χ4v) is 4.79. The molecule has 2 heterocycles. The van der Waals surface area contributed by atoms with E-state index < -0.39 is 5.97 Å². The number of carbonyl (C=O) groups is 1. The normalized spacial score (nSPS) is 13.3. The lowest BCUT2D eigenvalue weighted by Gasteiger charge is -2.10. The summed E-state index contributed by atoms with van der Waals surface area (Å²) in [7, 11) is 0. The van der Waals surface area contributed by atoms with Crippen LogP contribution < -0.4 is 10.5 Å². The first-order chi connectivity index (χ1) is 17.6. The number of hydrogen-bond acceptors (Lipinski definition) is 5. The molecular formula is C29H26N4O3. The molecule has 6 rings (SSSR count). The molecule has 7 heteroatoms. The summed E-state index contributed by atoms with van der Waals surface area (Å²) in [5.41, 5.74) is 10.8. The predicted molar refractivity (Wildman–Crippen MR) is 140 cm³/mol. The number of carboxylic acids is 1. The third kappa shape index (κ3) is 4.24. The Morgan fingerprint density at radius 3 is 2.72 bits per heavy atom. The molecule has 1 saturated carbocycles. The molecule has 0 spiro atoms. The van der Waals surface area contributed by atoms with Crippen LogP contribution in [0.1, 0.15) is 24.1 Å². The Balaban J connectivity index is 1.41. The average Bonchev–Trinajstić information content (AvgIpc) is 3.63. The van der Waals surface area contributed by atoms with Crippen LogP contribution in [0.5, 0.6) is 5.75 Å². The summed E-state index contributed by atoms with van der Waals surface area (Å²) < 4.78 is 8.22. The van der Waals surface area contributed by atoms with Gasteiger partial charge in [-0.15, -0.1) is 0 Å². The highest BCUT2D eigenvalue weighted by atomic mass is 16.5. The van der Waals surface area contributed by atoms with Gasteiger partial charge in [0, 0.05) is 29.1 Å². The largest absolute Gasteiger partial charge is 0.487 e. The van der Waals surface area contributed by atoms with Crippen LogP contribution in [-0.4, -0.2) is 25.8 Å². The van der Waals surface area contributed by atoms with Crippen LogP contribution in [0.3, 0.4) is 0 Å². The third-order valence-electron chi connectivity index (χ3n) is 6.78. The van der Waals surface area contributed by atoms with Crippen molar-refractivity contribution >= 4 is 33.5 Å². The summed E-state index contributed by atoms with van der Waals surface area (Å²) in [5.74, 6) is 0.868. The Morgan fingerprint density at radius 1 is 1.03 bits per heavy atom. The number of para-hydroxylation sites is 1. The molecule has 1 aliphatic carbocycles. The molecule has 0 unspecified atom stereocenters. The highest BCUT2D eigenvalue weighted by Crippen LogP contribution is 2.35. The first kappa shape index (κ1) is 22.1. The number of nitrogens with two attached hydrogens (primary N) is 1. The highest BCUT2D eigenvalue weighted by Gasteiger charge is 2.24. The van der Waals surface area contributed by atoms with Gasteiger partial charge in [0.05, 0.1) is 11.9 Å². The van der Waals surface area contributed by atoms with Crippen LogP contribution >= 0.6 is 0 Å². The molecule has 0 radical (unpaired) electrons. The fourth-order valence-electron chi connectivity index (χ4n) is 4.79. The van der Waals surface area contributed by atoms with Crippen LogP contribution in [0.25, 0.3) is 32.8 Å². The lowest BCUT2D eigenvalue weighted by atomic mass is 9.97. The molecule has 1 fully saturated rings. The maximum Gasteiger partial charge on any atom is 0.307 e. The van der Waals surface area contributed by atoms with Crippen molar-refractivity contribution in [1.29, 1.82) is 0 Å². The Labute approximate surface area is 208 Å². The zero-order valence-corrected chi connectivity index (χ0v) is 19.7. The van der Waals surface area contributed by atoms with Gasteiger partial charge in [-0.3, -0.25) is 9.48 Å². The van der Waals surface area contributed by atoms with Crippen LogP contribution in [0.15, 0.2) is 72.9 Å². The van der Waals surface area contributed by atoms with E-state index in [2.05, 4.69) is 33.9 Å². The molecular weight excluding hydrogens is 452 g/mol. The van der Waals surface area contributed by atoms with Crippen molar-refractivity contribution in [2.24, 2.45) is 5.92 Å². The number of carboxylic acid groups (broad SMARTS) is 1. The number of pyridine rings is 1. The number of rotatable bonds is 8. The lowest BCUT2D eigenvalue weighted by molar-refractivity contribution is -0.136. The molecule has 7 nitrogen and oxygen atoms in total. The van der Waals surface area contributed by atoms with E-state index in [9.17, 15) is 9.90 Å². The highest BCUT2D eigenvalue weighted by molar-refractivity contribution is 6.02. The molecule has 0 aliphatic heterocycles. The van der Waals surface area contributed by atoms with Gasteiger partial charge in [-0.2, -0.15) is 5.10 Å². The molecule has 1 aliphatic rings. The smallest absolute Gasteiger partial charge is 0.307 e. The van der Waals surface area contributed by atoms with Gasteiger partial charge in [-0.25, -0.2) is 4.98 Å². The predicted octanol–water partition coefficient (Wildman–Crippen LogP) is 5.45. The summed E-state index contributed by atoms with van der Waals surface area (Å²) in [5, 5.41) is 17.2. The van der Waals surface area contributed by atoms with Gasteiger partial charge in [0.15, 0.2) is 0 Å². The Bertz CT molecular complexity index is 1600. The van der Waals surface area contributed by atoms with E-state index in [-0.39, 0.29) is 13.0 Å². The molecule has 36 heavy (non-hydrogen) atoms. The molecule has 0 amide bonds. The van der Waals surface area contributed by atoms with E-state index in [4.69, 9.17) is 15.6 Å². The second kappa shape index (κ2) is 9.00. The van der Waals surface area contributed by atoms with Crippen molar-refractivity contribution < 1.29 is 14.6 Å². The van der Waals surface area contributed by atoms with Gasteiger partial charge in [0.1, 0.15) is 23.9 Å². The number of aromatic nitrogens is 3. The van der Waals surface area contributed by atoms with Gasteiger partial charge in [0.25, 0.3) is 0 Å². The number of aliphatic carboxylic acids is 1. The Kier molecular flexibility index (Phi) is 5.52. The van der Waals surface area contributed by atoms with Crippen molar-refractivity contribution in [1.82, 2.24) is 14.8 Å². The number of anilines is 1. The lowest BCUT2D eigenvalue weighted by Crippen LogP contribution is -2.05. The summed E-state index contributed by atoms with van der Waals surface area (Å²) in [6.45, 7) is 1.14. The van der Waals surface area contributed by atoms with Crippen molar-refractivity contribution in [3.8, 4) is 16.9 Å². The molecule has 0 bridgehead atoms. The molecule has 5 aromatic rings. The van der Waals surface area contributed by atoms with E-state index in [0.29, 0.717) is 23.0 Å².